The van der Waals surface area contributed by atoms with Crippen molar-refractivity contribution in [1.29, 1.82) is 0 Å². The van der Waals surface area contributed by atoms with Gasteiger partial charge in [0.2, 0.25) is 11.6 Å². The lowest BCUT2D eigenvalue weighted by Gasteiger charge is -2.34. The molecule has 3 rings (SSSR count). The van der Waals surface area contributed by atoms with Gasteiger partial charge in [0.25, 0.3) is 0 Å². The van der Waals surface area contributed by atoms with Crippen molar-refractivity contribution in [2.24, 2.45) is 5.92 Å². The van der Waals surface area contributed by atoms with Crippen LogP contribution in [0.15, 0.2) is 30.6 Å². The highest BCUT2D eigenvalue weighted by Crippen LogP contribution is 2.34. The number of piperazine rings is 1. The van der Waals surface area contributed by atoms with E-state index in [0.717, 1.165) is 19.6 Å². The fourth-order valence-corrected chi connectivity index (χ4v) is 3.29. The Hall–Kier alpha value is -3.27. The fraction of sp³-hybridized carbons (Fsp3) is 0.476. The van der Waals surface area contributed by atoms with Crippen LogP contribution in [-0.2, 0) is 4.74 Å². The molecule has 10 nitrogen and oxygen atoms in total. The van der Waals surface area contributed by atoms with Crippen molar-refractivity contribution in [2.45, 2.75) is 20.8 Å². The van der Waals surface area contributed by atoms with Gasteiger partial charge in [-0.05, 0) is 36.7 Å². The van der Waals surface area contributed by atoms with Crippen LogP contribution in [0.3, 0.4) is 0 Å². The van der Waals surface area contributed by atoms with Gasteiger partial charge >= 0.3 is 11.7 Å². The molecule has 0 atom stereocenters. The zero-order valence-corrected chi connectivity index (χ0v) is 18.1. The Bertz CT molecular complexity index is 911. The number of rotatable bonds is 8. The van der Waals surface area contributed by atoms with E-state index < -0.39 is 10.9 Å². The van der Waals surface area contributed by atoms with Crippen molar-refractivity contribution in [3.63, 3.8) is 0 Å². The summed E-state index contributed by atoms with van der Waals surface area (Å²) >= 11 is 0. The van der Waals surface area contributed by atoms with E-state index in [1.54, 1.807) is 24.3 Å². The summed E-state index contributed by atoms with van der Waals surface area (Å²) in [4.78, 5) is 36.0. The van der Waals surface area contributed by atoms with Crippen LogP contribution in [0.5, 0.6) is 0 Å². The molecule has 1 aliphatic rings. The monoisotopic (exact) mass is 428 g/mol. The number of carbonyl (C=O) groups is 1. The van der Waals surface area contributed by atoms with Crippen molar-refractivity contribution in [3.8, 4) is 0 Å². The number of nitrogens with zero attached hydrogens (tertiary/aromatic N) is 5. The number of ether oxygens (including phenoxy) is 1. The first kappa shape index (κ1) is 22.4. The summed E-state index contributed by atoms with van der Waals surface area (Å²) in [6.07, 6.45) is 1.33. The van der Waals surface area contributed by atoms with Gasteiger partial charge < -0.3 is 19.9 Å². The van der Waals surface area contributed by atoms with Crippen molar-refractivity contribution >= 4 is 29.0 Å². The molecule has 0 aliphatic carbocycles. The highest BCUT2D eigenvalue weighted by atomic mass is 16.6. The minimum atomic E-state index is -0.457. The van der Waals surface area contributed by atoms with Gasteiger partial charge in [-0.15, -0.1) is 0 Å². The Morgan fingerprint density at radius 3 is 2.45 bits per heavy atom. The summed E-state index contributed by atoms with van der Waals surface area (Å²) < 4.78 is 5.22. The molecule has 0 unspecified atom stereocenters. The molecular weight excluding hydrogens is 400 g/mol. The molecule has 1 N–H and O–H groups in total. The summed E-state index contributed by atoms with van der Waals surface area (Å²) in [5.74, 6) is 0.277. The van der Waals surface area contributed by atoms with E-state index in [9.17, 15) is 14.9 Å². The SMILES string of the molecule is CCN1CCN(c2ncnc(Nc3ccc(C(=O)OCC(C)C)cc3)c2[N+](=O)[O-])CC1. The molecule has 2 heterocycles. The summed E-state index contributed by atoms with van der Waals surface area (Å²) in [6, 6.07) is 6.56. The second-order valence-corrected chi connectivity index (χ2v) is 7.77. The first-order chi connectivity index (χ1) is 14.9. The molecule has 0 amide bonds. The Balaban J connectivity index is 1.77. The summed E-state index contributed by atoms with van der Waals surface area (Å²) in [7, 11) is 0. The quantitative estimate of drug-likeness (QED) is 0.385. The van der Waals surface area contributed by atoms with Crippen LogP contribution >= 0.6 is 0 Å². The van der Waals surface area contributed by atoms with Gasteiger partial charge in [-0.2, -0.15) is 0 Å². The van der Waals surface area contributed by atoms with Gasteiger partial charge in [-0.1, -0.05) is 20.8 Å². The van der Waals surface area contributed by atoms with E-state index in [-0.39, 0.29) is 17.4 Å². The van der Waals surface area contributed by atoms with Crippen molar-refractivity contribution in [1.82, 2.24) is 14.9 Å². The van der Waals surface area contributed by atoms with Crippen LogP contribution < -0.4 is 10.2 Å². The molecule has 1 aromatic carbocycles. The van der Waals surface area contributed by atoms with E-state index in [2.05, 4.69) is 27.1 Å². The molecule has 1 saturated heterocycles. The number of aromatic nitrogens is 2. The average molecular weight is 428 g/mol. The third-order valence-electron chi connectivity index (χ3n) is 5.04. The second-order valence-electron chi connectivity index (χ2n) is 7.77. The molecule has 0 saturated carbocycles. The topological polar surface area (TPSA) is 114 Å². The molecule has 1 fully saturated rings. The number of anilines is 3. The van der Waals surface area contributed by atoms with Crippen LogP contribution in [-0.4, -0.2) is 65.1 Å². The molecule has 0 spiro atoms. The average Bonchev–Trinajstić information content (AvgIpc) is 2.77. The van der Waals surface area contributed by atoms with Gasteiger partial charge in [-0.3, -0.25) is 10.1 Å². The molecule has 1 aromatic heterocycles. The molecule has 0 bridgehead atoms. The van der Waals surface area contributed by atoms with Crippen LogP contribution in [0.25, 0.3) is 0 Å². The fourth-order valence-electron chi connectivity index (χ4n) is 3.29. The molecule has 31 heavy (non-hydrogen) atoms. The minimum absolute atomic E-state index is 0.114. The first-order valence-electron chi connectivity index (χ1n) is 10.4. The smallest absolute Gasteiger partial charge is 0.353 e. The van der Waals surface area contributed by atoms with E-state index in [4.69, 9.17) is 4.74 Å². The predicted octanol–water partition coefficient (Wildman–Crippen LogP) is 3.08. The maximum absolute atomic E-state index is 12.1. The molecule has 0 radical (unpaired) electrons. The first-order valence-corrected chi connectivity index (χ1v) is 10.4. The molecular formula is C21H28N6O4. The number of likely N-dealkylation sites (N-methyl/N-ethyl adjacent to an activating group) is 1. The highest BCUT2D eigenvalue weighted by Gasteiger charge is 2.29. The maximum Gasteiger partial charge on any atom is 0.353 e. The van der Waals surface area contributed by atoms with Gasteiger partial charge in [0.1, 0.15) is 6.33 Å². The van der Waals surface area contributed by atoms with E-state index in [1.807, 2.05) is 18.7 Å². The van der Waals surface area contributed by atoms with Crippen LogP contribution in [0.2, 0.25) is 0 Å². The number of nitrogens with one attached hydrogen (secondary N) is 1. The normalized spacial score (nSPS) is 14.5. The zero-order valence-electron chi connectivity index (χ0n) is 18.1. The van der Waals surface area contributed by atoms with Crippen molar-refractivity contribution in [2.75, 3.05) is 49.5 Å². The third kappa shape index (κ3) is 5.66. The number of hydrogen-bond acceptors (Lipinski definition) is 9. The van der Waals surface area contributed by atoms with Gasteiger partial charge in [0.05, 0.1) is 17.1 Å². The van der Waals surface area contributed by atoms with Crippen LogP contribution in [0, 0.1) is 16.0 Å². The molecule has 10 heteroatoms. The number of benzene rings is 1. The Morgan fingerprint density at radius 1 is 1.19 bits per heavy atom. The summed E-state index contributed by atoms with van der Waals surface area (Å²) in [6.45, 7) is 10.3. The van der Waals surface area contributed by atoms with Crippen LogP contribution in [0.1, 0.15) is 31.1 Å². The molecule has 166 valence electrons. The van der Waals surface area contributed by atoms with E-state index >= 15 is 0 Å². The Morgan fingerprint density at radius 2 is 1.87 bits per heavy atom. The molecule has 1 aliphatic heterocycles. The number of esters is 1. The Kier molecular flexibility index (Phi) is 7.35. The lowest BCUT2D eigenvalue weighted by Crippen LogP contribution is -2.46. The predicted molar refractivity (Wildman–Crippen MR) is 118 cm³/mol. The number of hydrogen-bond donors (Lipinski definition) is 1. The highest BCUT2D eigenvalue weighted by molar-refractivity contribution is 5.90. The third-order valence-corrected chi connectivity index (χ3v) is 5.04. The minimum Gasteiger partial charge on any atom is -0.462 e. The van der Waals surface area contributed by atoms with Gasteiger partial charge in [-0.25, -0.2) is 14.8 Å². The van der Waals surface area contributed by atoms with E-state index in [0.29, 0.717) is 36.8 Å². The van der Waals surface area contributed by atoms with Crippen LogP contribution in [0.4, 0.5) is 23.0 Å². The van der Waals surface area contributed by atoms with Gasteiger partial charge in [0.15, 0.2) is 0 Å². The van der Waals surface area contributed by atoms with Gasteiger partial charge in [0, 0.05) is 31.9 Å². The lowest BCUT2D eigenvalue weighted by atomic mass is 10.2. The van der Waals surface area contributed by atoms with E-state index in [1.165, 1.54) is 6.33 Å². The Labute approximate surface area is 181 Å². The second kappa shape index (κ2) is 10.2. The van der Waals surface area contributed by atoms with Crippen molar-refractivity contribution in [3.05, 3.63) is 46.3 Å². The largest absolute Gasteiger partial charge is 0.462 e. The maximum atomic E-state index is 12.1. The zero-order chi connectivity index (χ0) is 22.4. The number of carbonyl (C=O) groups excluding carboxylic acids is 1. The molecule has 2 aromatic rings. The summed E-state index contributed by atoms with van der Waals surface area (Å²) in [5, 5.41) is 14.8. The number of nitro groups is 1. The summed E-state index contributed by atoms with van der Waals surface area (Å²) in [5.41, 5.74) is 0.828. The lowest BCUT2D eigenvalue weighted by molar-refractivity contribution is -0.383. The standard InChI is InChI=1S/C21H28N6O4/c1-4-25-9-11-26(12-10-25)20-18(27(29)30)19(22-14-23-20)24-17-7-5-16(6-8-17)21(28)31-13-15(2)3/h5-8,14-15H,4,9-13H2,1-3H3,(H,22,23,24). The van der Waals surface area contributed by atoms with Crippen molar-refractivity contribution < 1.29 is 14.5 Å².